The van der Waals surface area contributed by atoms with Crippen molar-refractivity contribution in [2.24, 2.45) is 0 Å². The van der Waals surface area contributed by atoms with Gasteiger partial charge in [-0.05, 0) is 41.5 Å². The molecule has 178 valence electrons. The van der Waals surface area contributed by atoms with E-state index in [1.165, 1.54) is 6.20 Å². The highest BCUT2D eigenvalue weighted by Crippen LogP contribution is 2.35. The van der Waals surface area contributed by atoms with Crippen LogP contribution in [-0.4, -0.2) is 60.5 Å². The Hall–Kier alpha value is -4.26. The van der Waals surface area contributed by atoms with Crippen LogP contribution in [0.4, 0.5) is 20.2 Å². The van der Waals surface area contributed by atoms with Crippen molar-refractivity contribution in [2.45, 2.75) is 18.4 Å². The first kappa shape index (κ1) is 22.5. The van der Waals surface area contributed by atoms with E-state index in [4.69, 9.17) is 5.26 Å². The second-order valence-electron chi connectivity index (χ2n) is 8.76. The molecule has 3 heterocycles. The van der Waals surface area contributed by atoms with Crippen molar-refractivity contribution in [3.63, 3.8) is 0 Å². The third-order valence-corrected chi connectivity index (χ3v) is 6.37. The highest BCUT2D eigenvalue weighted by atomic mass is 19.3. The lowest BCUT2D eigenvalue weighted by molar-refractivity contribution is -0.131. The maximum Gasteiger partial charge on any atom is 0.268 e. The van der Waals surface area contributed by atoms with Crippen LogP contribution in [0.25, 0.3) is 22.0 Å². The van der Waals surface area contributed by atoms with Gasteiger partial charge in [0.15, 0.2) is 0 Å². The molecule has 0 aliphatic carbocycles. The van der Waals surface area contributed by atoms with Gasteiger partial charge in [-0.1, -0.05) is 12.1 Å². The van der Waals surface area contributed by atoms with E-state index in [0.29, 0.717) is 16.5 Å². The lowest BCUT2D eigenvalue weighted by Gasteiger charge is -2.19. The Morgan fingerprint density at radius 2 is 2.00 bits per heavy atom. The van der Waals surface area contributed by atoms with Gasteiger partial charge in [0.2, 0.25) is 5.91 Å². The number of hydrogen-bond acceptors (Lipinski definition) is 6. The smallest absolute Gasteiger partial charge is 0.268 e. The lowest BCUT2D eigenvalue weighted by Crippen LogP contribution is -2.43. The summed E-state index contributed by atoms with van der Waals surface area (Å²) in [6.07, 6.45) is 0.802. The monoisotopic (exact) mass is 476 g/mol. The van der Waals surface area contributed by atoms with E-state index in [-0.39, 0.29) is 0 Å². The highest BCUT2D eigenvalue weighted by Gasteiger charge is 2.47. The number of benzene rings is 2. The minimum Gasteiger partial charge on any atom is -0.366 e. The first-order valence-electron chi connectivity index (χ1n) is 11.1. The quantitative estimate of drug-likeness (QED) is 0.600. The number of nitrogens with one attached hydrogen (secondary N) is 2. The van der Waals surface area contributed by atoms with Gasteiger partial charge in [0.25, 0.3) is 11.8 Å². The summed E-state index contributed by atoms with van der Waals surface area (Å²) in [6.45, 7) is -0.582. The van der Waals surface area contributed by atoms with Crippen LogP contribution in [0.2, 0.25) is 0 Å². The number of anilines is 2. The van der Waals surface area contributed by atoms with E-state index in [0.717, 1.165) is 34.1 Å². The minimum atomic E-state index is -3.11. The zero-order chi connectivity index (χ0) is 24.7. The molecule has 0 unspecified atom stereocenters. The summed E-state index contributed by atoms with van der Waals surface area (Å²) in [7, 11) is 2.01. The van der Waals surface area contributed by atoms with Crippen LogP contribution in [0, 0.1) is 11.3 Å². The number of aromatic nitrogens is 1. The number of amides is 2. The average Bonchev–Trinajstić information content (AvgIpc) is 3.39. The van der Waals surface area contributed by atoms with Crippen LogP contribution in [-0.2, 0) is 4.79 Å². The van der Waals surface area contributed by atoms with Gasteiger partial charge >= 0.3 is 0 Å². The third-order valence-electron chi connectivity index (χ3n) is 6.37. The standard InChI is InChI=1S/C25H22F2N6O2/c1-32-14-31-21-9-16(3-5-22(21)32)15-2-4-20-19(8-15)18(6-7-29-20)24(35)30-12-23(34)33-13-25(26,27)10-17(33)11-28/h2-9,17,31H,10,12-14H2,1H3,(H,30,35)/t17-/m0/s1. The number of likely N-dealkylation sites (tertiary alicyclic amines) is 1. The highest BCUT2D eigenvalue weighted by molar-refractivity contribution is 6.07. The van der Waals surface area contributed by atoms with Crippen LogP contribution in [0.15, 0.2) is 48.7 Å². The SMILES string of the molecule is CN1CNc2cc(-c3ccc4nccc(C(=O)NCC(=O)N5CC(F)(F)C[C@H]5C#N)c4c3)ccc21. The zero-order valence-electron chi connectivity index (χ0n) is 18.9. The molecule has 2 amide bonds. The van der Waals surface area contributed by atoms with Crippen molar-refractivity contribution < 1.29 is 18.4 Å². The molecule has 2 N–H and O–H groups in total. The number of alkyl halides is 2. The van der Waals surface area contributed by atoms with Gasteiger partial charge in [-0.15, -0.1) is 0 Å². The molecule has 0 saturated carbocycles. The summed E-state index contributed by atoms with van der Waals surface area (Å²) >= 11 is 0. The zero-order valence-corrected chi connectivity index (χ0v) is 18.9. The molecule has 5 rings (SSSR count). The van der Waals surface area contributed by atoms with Crippen molar-refractivity contribution in [1.29, 1.82) is 5.26 Å². The largest absolute Gasteiger partial charge is 0.366 e. The van der Waals surface area contributed by atoms with Crippen LogP contribution < -0.4 is 15.5 Å². The number of nitrogens with zero attached hydrogens (tertiary/aromatic N) is 4. The predicted molar refractivity (Wildman–Crippen MR) is 127 cm³/mol. The van der Waals surface area contributed by atoms with Gasteiger partial charge < -0.3 is 20.4 Å². The van der Waals surface area contributed by atoms with E-state index >= 15 is 0 Å². The number of rotatable bonds is 4. The topological polar surface area (TPSA) is 101 Å². The van der Waals surface area contributed by atoms with E-state index in [9.17, 15) is 18.4 Å². The second kappa shape index (κ2) is 8.51. The Morgan fingerprint density at radius 1 is 1.23 bits per heavy atom. The third kappa shape index (κ3) is 4.21. The van der Waals surface area contributed by atoms with Gasteiger partial charge in [-0.3, -0.25) is 14.6 Å². The summed E-state index contributed by atoms with van der Waals surface area (Å²) in [6, 6.07) is 13.8. The summed E-state index contributed by atoms with van der Waals surface area (Å²) in [5.41, 5.74) is 4.91. The molecule has 2 aliphatic heterocycles. The molecule has 1 fully saturated rings. The molecular formula is C25H22F2N6O2. The normalized spacial score (nSPS) is 18.2. The maximum absolute atomic E-state index is 13.7. The van der Waals surface area contributed by atoms with Crippen LogP contribution in [0.5, 0.6) is 0 Å². The first-order valence-corrected chi connectivity index (χ1v) is 11.1. The number of halogens is 2. The van der Waals surface area contributed by atoms with Crippen molar-refractivity contribution in [2.75, 3.05) is 37.0 Å². The van der Waals surface area contributed by atoms with Crippen molar-refractivity contribution in [3.05, 3.63) is 54.2 Å². The molecule has 10 heteroatoms. The number of hydrogen-bond donors (Lipinski definition) is 2. The Balaban J connectivity index is 1.37. The van der Waals surface area contributed by atoms with Crippen LogP contribution >= 0.6 is 0 Å². The predicted octanol–water partition coefficient (Wildman–Crippen LogP) is 3.21. The molecule has 2 aliphatic rings. The molecule has 2 aromatic carbocycles. The molecule has 3 aromatic rings. The summed E-state index contributed by atoms with van der Waals surface area (Å²) in [4.78, 5) is 32.7. The second-order valence-corrected chi connectivity index (χ2v) is 8.76. The van der Waals surface area contributed by atoms with Crippen LogP contribution in [0.3, 0.4) is 0 Å². The van der Waals surface area contributed by atoms with E-state index in [2.05, 4.69) is 20.5 Å². The molecule has 1 aromatic heterocycles. The van der Waals surface area contributed by atoms with Crippen molar-refractivity contribution >= 4 is 34.1 Å². The summed E-state index contributed by atoms with van der Waals surface area (Å²) in [5.74, 6) is -4.36. The average molecular weight is 476 g/mol. The molecule has 0 bridgehead atoms. The van der Waals surface area contributed by atoms with E-state index in [1.54, 1.807) is 12.1 Å². The van der Waals surface area contributed by atoms with Crippen LogP contribution in [0.1, 0.15) is 16.8 Å². The fraction of sp³-hybridized carbons (Fsp3) is 0.280. The fourth-order valence-electron chi connectivity index (χ4n) is 4.55. The maximum atomic E-state index is 13.7. The number of carbonyl (C=O) groups is 2. The molecule has 1 atom stereocenters. The first-order chi connectivity index (χ1) is 16.8. The number of pyridine rings is 1. The van der Waals surface area contributed by atoms with E-state index in [1.807, 2.05) is 43.4 Å². The van der Waals surface area contributed by atoms with Gasteiger partial charge in [0.05, 0.1) is 48.3 Å². The molecule has 35 heavy (non-hydrogen) atoms. The molecule has 0 radical (unpaired) electrons. The lowest BCUT2D eigenvalue weighted by atomic mass is 10.00. The Bertz CT molecular complexity index is 1390. The van der Waals surface area contributed by atoms with Gasteiger partial charge in [0, 0.05) is 25.1 Å². The Morgan fingerprint density at radius 3 is 2.80 bits per heavy atom. The fourth-order valence-corrected chi connectivity index (χ4v) is 4.55. The van der Waals surface area contributed by atoms with Crippen molar-refractivity contribution in [3.8, 4) is 17.2 Å². The Kier molecular flexibility index (Phi) is 5.47. The van der Waals surface area contributed by atoms with E-state index < -0.39 is 43.3 Å². The number of nitriles is 1. The van der Waals surface area contributed by atoms with Gasteiger partial charge in [0.1, 0.15) is 6.04 Å². The number of fused-ring (bicyclic) bond motifs is 2. The summed E-state index contributed by atoms with van der Waals surface area (Å²) in [5, 5.41) is 15.5. The molecular weight excluding hydrogens is 454 g/mol. The minimum absolute atomic E-state index is 0.312. The molecule has 8 nitrogen and oxygen atoms in total. The Labute approximate surface area is 200 Å². The van der Waals surface area contributed by atoms with Gasteiger partial charge in [-0.25, -0.2) is 8.78 Å². The number of carbonyl (C=O) groups excluding carboxylic acids is 2. The molecule has 1 saturated heterocycles. The van der Waals surface area contributed by atoms with Gasteiger partial charge in [-0.2, -0.15) is 5.26 Å². The summed E-state index contributed by atoms with van der Waals surface area (Å²) < 4.78 is 27.3. The van der Waals surface area contributed by atoms with Crippen molar-refractivity contribution in [1.82, 2.24) is 15.2 Å². The molecule has 0 spiro atoms.